The molecular weight excluding hydrogens is 252 g/mol. The van der Waals surface area contributed by atoms with E-state index in [9.17, 15) is 4.79 Å². The summed E-state index contributed by atoms with van der Waals surface area (Å²) >= 11 is 6.10. The third-order valence-electron chi connectivity index (χ3n) is 2.61. The lowest BCUT2D eigenvalue weighted by Crippen LogP contribution is -2.23. The zero-order valence-corrected chi connectivity index (χ0v) is 10.7. The maximum Gasteiger partial charge on any atom is 0.319 e. The van der Waals surface area contributed by atoms with Crippen LogP contribution in [0.5, 0.6) is 0 Å². The molecule has 4 nitrogen and oxygen atoms in total. The predicted octanol–water partition coefficient (Wildman–Crippen LogP) is 2.15. The first kappa shape index (κ1) is 12.8. The number of ether oxygens (including phenoxy) is 1. The molecular formula is C13H13ClN2O2. The SMILES string of the molecule is COC(=O)CNCc1ccc(Cl)c2cccnc12. The van der Waals surface area contributed by atoms with Gasteiger partial charge in [-0.05, 0) is 23.8 Å². The largest absolute Gasteiger partial charge is 0.468 e. The van der Waals surface area contributed by atoms with E-state index in [1.165, 1.54) is 7.11 Å². The molecule has 2 aromatic rings. The Labute approximate surface area is 110 Å². The summed E-state index contributed by atoms with van der Waals surface area (Å²) in [7, 11) is 1.36. The molecule has 0 fully saturated rings. The molecule has 0 radical (unpaired) electrons. The molecule has 5 heteroatoms. The molecule has 0 saturated heterocycles. The van der Waals surface area contributed by atoms with Crippen LogP contribution in [0.25, 0.3) is 10.9 Å². The minimum Gasteiger partial charge on any atom is -0.468 e. The molecule has 0 atom stereocenters. The molecule has 1 aromatic carbocycles. The lowest BCUT2D eigenvalue weighted by molar-refractivity contribution is -0.139. The van der Waals surface area contributed by atoms with Crippen molar-refractivity contribution in [2.24, 2.45) is 0 Å². The third kappa shape index (κ3) is 2.78. The number of carbonyl (C=O) groups is 1. The molecule has 0 aliphatic carbocycles. The Bertz CT molecular complexity index is 572. The smallest absolute Gasteiger partial charge is 0.319 e. The number of fused-ring (bicyclic) bond motifs is 1. The highest BCUT2D eigenvalue weighted by Gasteiger charge is 2.06. The van der Waals surface area contributed by atoms with Gasteiger partial charge in [0.05, 0.1) is 19.2 Å². The Hall–Kier alpha value is -1.65. The summed E-state index contributed by atoms with van der Waals surface area (Å²) < 4.78 is 4.56. The Balaban J connectivity index is 2.18. The highest BCUT2D eigenvalue weighted by atomic mass is 35.5. The van der Waals surface area contributed by atoms with E-state index in [0.717, 1.165) is 16.5 Å². The van der Waals surface area contributed by atoms with Crippen LogP contribution in [0.4, 0.5) is 0 Å². The summed E-state index contributed by atoms with van der Waals surface area (Å²) in [5.41, 5.74) is 1.85. The van der Waals surface area contributed by atoms with Gasteiger partial charge in [-0.1, -0.05) is 17.7 Å². The predicted molar refractivity (Wildman–Crippen MR) is 70.5 cm³/mol. The highest BCUT2D eigenvalue weighted by Crippen LogP contribution is 2.24. The molecule has 18 heavy (non-hydrogen) atoms. The fraction of sp³-hybridized carbons (Fsp3) is 0.231. The molecule has 0 amide bonds. The molecule has 1 aromatic heterocycles. The van der Waals surface area contributed by atoms with Gasteiger partial charge in [0.2, 0.25) is 0 Å². The zero-order valence-electron chi connectivity index (χ0n) is 9.94. The third-order valence-corrected chi connectivity index (χ3v) is 2.94. The fourth-order valence-electron chi connectivity index (χ4n) is 1.71. The van der Waals surface area contributed by atoms with Gasteiger partial charge in [0.1, 0.15) is 0 Å². The number of benzene rings is 1. The summed E-state index contributed by atoms with van der Waals surface area (Å²) in [5, 5.41) is 4.60. The van der Waals surface area contributed by atoms with Crippen LogP contribution in [-0.2, 0) is 16.1 Å². The number of halogens is 1. The number of nitrogens with zero attached hydrogens (tertiary/aromatic N) is 1. The average Bonchev–Trinajstić information content (AvgIpc) is 2.41. The Morgan fingerprint density at radius 3 is 3.06 bits per heavy atom. The van der Waals surface area contributed by atoms with Crippen molar-refractivity contribution < 1.29 is 9.53 Å². The number of aromatic nitrogens is 1. The Morgan fingerprint density at radius 1 is 1.44 bits per heavy atom. The average molecular weight is 265 g/mol. The maximum absolute atomic E-state index is 11.0. The molecule has 0 unspecified atom stereocenters. The van der Waals surface area contributed by atoms with Crippen LogP contribution >= 0.6 is 11.6 Å². The Kier molecular flexibility index (Phi) is 4.12. The summed E-state index contributed by atoms with van der Waals surface area (Å²) in [6.07, 6.45) is 1.72. The highest BCUT2D eigenvalue weighted by molar-refractivity contribution is 6.35. The van der Waals surface area contributed by atoms with Crippen LogP contribution in [0.2, 0.25) is 5.02 Å². The van der Waals surface area contributed by atoms with Gasteiger partial charge in [0, 0.05) is 23.2 Å². The first-order valence-electron chi connectivity index (χ1n) is 5.52. The van der Waals surface area contributed by atoms with Gasteiger partial charge in [0.15, 0.2) is 0 Å². The first-order chi connectivity index (χ1) is 8.72. The van der Waals surface area contributed by atoms with Gasteiger partial charge in [-0.15, -0.1) is 0 Å². The number of rotatable bonds is 4. The van der Waals surface area contributed by atoms with Crippen molar-refractivity contribution in [3.63, 3.8) is 0 Å². The van der Waals surface area contributed by atoms with Crippen molar-refractivity contribution in [3.05, 3.63) is 41.0 Å². The lowest BCUT2D eigenvalue weighted by Gasteiger charge is -2.08. The number of hydrogen-bond donors (Lipinski definition) is 1. The molecule has 0 spiro atoms. The summed E-state index contributed by atoms with van der Waals surface area (Å²) in [4.78, 5) is 15.3. The Morgan fingerprint density at radius 2 is 2.28 bits per heavy atom. The summed E-state index contributed by atoms with van der Waals surface area (Å²) in [6, 6.07) is 7.51. The topological polar surface area (TPSA) is 51.2 Å². The van der Waals surface area contributed by atoms with E-state index < -0.39 is 0 Å². The van der Waals surface area contributed by atoms with Crippen LogP contribution in [0.1, 0.15) is 5.56 Å². The van der Waals surface area contributed by atoms with Gasteiger partial charge in [-0.2, -0.15) is 0 Å². The minimum absolute atomic E-state index is 0.174. The van der Waals surface area contributed by atoms with E-state index in [0.29, 0.717) is 11.6 Å². The van der Waals surface area contributed by atoms with E-state index in [4.69, 9.17) is 11.6 Å². The van der Waals surface area contributed by atoms with E-state index in [2.05, 4.69) is 15.0 Å². The summed E-state index contributed by atoms with van der Waals surface area (Å²) in [6.45, 7) is 0.716. The standard InChI is InChI=1S/C13H13ClN2O2/c1-18-12(17)8-15-7-9-4-5-11(14)10-3-2-6-16-13(9)10/h2-6,15H,7-8H2,1H3. The van der Waals surface area contributed by atoms with Gasteiger partial charge < -0.3 is 10.1 Å². The van der Waals surface area contributed by atoms with Crippen molar-refractivity contribution in [2.75, 3.05) is 13.7 Å². The van der Waals surface area contributed by atoms with Crippen LogP contribution in [0.15, 0.2) is 30.5 Å². The van der Waals surface area contributed by atoms with Gasteiger partial charge >= 0.3 is 5.97 Å². The first-order valence-corrected chi connectivity index (χ1v) is 5.90. The second-order valence-electron chi connectivity index (χ2n) is 3.79. The molecule has 0 aliphatic heterocycles. The monoisotopic (exact) mass is 264 g/mol. The number of esters is 1. The second-order valence-corrected chi connectivity index (χ2v) is 4.19. The van der Waals surface area contributed by atoms with Crippen LogP contribution < -0.4 is 5.32 Å². The lowest BCUT2D eigenvalue weighted by atomic mass is 10.1. The summed E-state index contributed by atoms with van der Waals surface area (Å²) in [5.74, 6) is -0.291. The maximum atomic E-state index is 11.0. The molecule has 1 heterocycles. The number of pyridine rings is 1. The van der Waals surface area contributed by atoms with Crippen molar-refractivity contribution in [1.29, 1.82) is 0 Å². The minimum atomic E-state index is -0.291. The van der Waals surface area contributed by atoms with Crippen molar-refractivity contribution in [2.45, 2.75) is 6.54 Å². The van der Waals surface area contributed by atoms with Gasteiger partial charge in [-0.25, -0.2) is 0 Å². The van der Waals surface area contributed by atoms with Crippen molar-refractivity contribution in [3.8, 4) is 0 Å². The van der Waals surface area contributed by atoms with E-state index in [1.807, 2.05) is 24.3 Å². The normalized spacial score (nSPS) is 10.6. The molecule has 2 rings (SSSR count). The molecule has 0 aliphatic rings. The van der Waals surface area contributed by atoms with Crippen LogP contribution in [0, 0.1) is 0 Å². The van der Waals surface area contributed by atoms with Crippen LogP contribution in [0.3, 0.4) is 0 Å². The molecule has 94 valence electrons. The van der Waals surface area contributed by atoms with Crippen LogP contribution in [-0.4, -0.2) is 24.6 Å². The number of hydrogen-bond acceptors (Lipinski definition) is 4. The van der Waals surface area contributed by atoms with E-state index in [-0.39, 0.29) is 12.5 Å². The van der Waals surface area contributed by atoms with Gasteiger partial charge in [0.25, 0.3) is 0 Å². The van der Waals surface area contributed by atoms with Crippen molar-refractivity contribution >= 4 is 28.5 Å². The van der Waals surface area contributed by atoms with Crippen molar-refractivity contribution in [1.82, 2.24) is 10.3 Å². The molecule has 1 N–H and O–H groups in total. The quantitative estimate of drug-likeness (QED) is 0.860. The molecule has 0 saturated carbocycles. The molecule has 0 bridgehead atoms. The number of methoxy groups -OCH3 is 1. The second kappa shape index (κ2) is 5.80. The number of nitrogens with one attached hydrogen (secondary N) is 1. The fourth-order valence-corrected chi connectivity index (χ4v) is 1.93. The van der Waals surface area contributed by atoms with E-state index >= 15 is 0 Å². The van der Waals surface area contributed by atoms with E-state index in [1.54, 1.807) is 6.20 Å². The zero-order chi connectivity index (χ0) is 13.0. The van der Waals surface area contributed by atoms with Gasteiger partial charge in [-0.3, -0.25) is 9.78 Å². The number of carbonyl (C=O) groups excluding carboxylic acids is 1.